The molecule has 2 nitrogen and oxygen atoms in total. The average molecular weight is 157 g/mol. The molecule has 0 saturated carbocycles. The van der Waals surface area contributed by atoms with Gasteiger partial charge in [0.05, 0.1) is 12.0 Å². The highest BCUT2D eigenvalue weighted by Gasteiger charge is 2.01. The van der Waals surface area contributed by atoms with Gasteiger partial charge in [-0.3, -0.25) is 0 Å². The number of hydrogen-bond donors (Lipinski definition) is 0. The minimum atomic E-state index is 0.879. The van der Waals surface area contributed by atoms with Crippen LogP contribution in [-0.2, 0) is 0 Å². The predicted molar refractivity (Wildman–Crippen MR) is 50.3 cm³/mol. The standard InChI is InChI=1S/C10H9N2/c1-2-5-10(6-3-1)12-8-4-7-11-9-12/h1-5,7,9H,8H2. The van der Waals surface area contributed by atoms with Crippen LogP contribution in [0.25, 0.3) is 0 Å². The second-order valence-electron chi connectivity index (χ2n) is 2.55. The van der Waals surface area contributed by atoms with Gasteiger partial charge in [-0.05, 0) is 12.1 Å². The maximum absolute atomic E-state index is 4.04. The van der Waals surface area contributed by atoms with Gasteiger partial charge in [0.2, 0.25) is 0 Å². The van der Waals surface area contributed by atoms with E-state index in [9.17, 15) is 0 Å². The molecule has 1 radical (unpaired) electrons. The lowest BCUT2D eigenvalue weighted by molar-refractivity contribution is 1.12. The number of hydrogen-bond acceptors (Lipinski definition) is 2. The van der Waals surface area contributed by atoms with Crippen LogP contribution in [-0.4, -0.2) is 12.9 Å². The Labute approximate surface area is 71.9 Å². The lowest BCUT2D eigenvalue weighted by Gasteiger charge is -2.18. The van der Waals surface area contributed by atoms with E-state index in [1.54, 1.807) is 6.20 Å². The highest BCUT2D eigenvalue weighted by molar-refractivity contribution is 5.80. The molecule has 1 aliphatic rings. The third-order valence-corrected chi connectivity index (χ3v) is 1.70. The van der Waals surface area contributed by atoms with Gasteiger partial charge in [0, 0.05) is 18.8 Å². The van der Waals surface area contributed by atoms with Crippen molar-refractivity contribution in [3.8, 4) is 0 Å². The second kappa shape index (κ2) is 3.22. The molecule has 1 aromatic carbocycles. The Morgan fingerprint density at radius 2 is 2.42 bits per heavy atom. The summed E-state index contributed by atoms with van der Waals surface area (Å²) in [7, 11) is 0. The van der Waals surface area contributed by atoms with E-state index in [0.29, 0.717) is 0 Å². The highest BCUT2D eigenvalue weighted by Crippen LogP contribution is 2.11. The molecule has 0 spiro atoms. The Kier molecular flexibility index (Phi) is 1.90. The number of para-hydroxylation sites is 1. The van der Waals surface area contributed by atoms with Crippen LogP contribution in [0.2, 0.25) is 0 Å². The Balaban J connectivity index is 2.21. The van der Waals surface area contributed by atoms with Crippen molar-refractivity contribution in [1.29, 1.82) is 0 Å². The lowest BCUT2D eigenvalue weighted by atomic mass is 10.3. The first-order valence-corrected chi connectivity index (χ1v) is 3.88. The summed E-state index contributed by atoms with van der Waals surface area (Å²) in [6.07, 6.45) is 5.63. The first kappa shape index (κ1) is 7.10. The van der Waals surface area contributed by atoms with E-state index in [1.807, 2.05) is 41.6 Å². The molecule has 0 aromatic heterocycles. The van der Waals surface area contributed by atoms with Gasteiger partial charge in [0.15, 0.2) is 0 Å². The molecule has 0 saturated heterocycles. The molecular weight excluding hydrogens is 148 g/mol. The van der Waals surface area contributed by atoms with Gasteiger partial charge in [-0.15, -0.1) is 0 Å². The van der Waals surface area contributed by atoms with Crippen LogP contribution in [0.4, 0.5) is 5.69 Å². The van der Waals surface area contributed by atoms with E-state index < -0.39 is 0 Å². The summed E-state index contributed by atoms with van der Waals surface area (Å²) < 4.78 is 0. The average Bonchev–Trinajstić information content (AvgIpc) is 2.21. The molecule has 1 aromatic rings. The largest absolute Gasteiger partial charge is 0.328 e. The Morgan fingerprint density at radius 3 is 3.08 bits per heavy atom. The van der Waals surface area contributed by atoms with Crippen LogP contribution in [0.1, 0.15) is 0 Å². The van der Waals surface area contributed by atoms with Crippen LogP contribution in [0, 0.1) is 6.07 Å². The van der Waals surface area contributed by atoms with Crippen molar-refractivity contribution in [2.75, 3.05) is 11.4 Å². The van der Waals surface area contributed by atoms with Crippen molar-refractivity contribution in [3.63, 3.8) is 0 Å². The van der Waals surface area contributed by atoms with E-state index in [1.165, 1.54) is 0 Å². The Hall–Kier alpha value is -1.57. The topological polar surface area (TPSA) is 15.6 Å². The number of nitrogens with zero attached hydrogens (tertiary/aromatic N) is 2. The summed E-state index contributed by atoms with van der Waals surface area (Å²) in [5.74, 6) is 0. The van der Waals surface area contributed by atoms with E-state index in [-0.39, 0.29) is 0 Å². The molecule has 12 heavy (non-hydrogen) atoms. The molecule has 2 heteroatoms. The summed E-state index contributed by atoms with van der Waals surface area (Å²) in [5.41, 5.74) is 1.06. The Bertz CT molecular complexity index is 301. The lowest BCUT2D eigenvalue weighted by Crippen LogP contribution is -2.22. The number of benzene rings is 1. The van der Waals surface area contributed by atoms with Crippen molar-refractivity contribution in [1.82, 2.24) is 0 Å². The van der Waals surface area contributed by atoms with Gasteiger partial charge in [-0.1, -0.05) is 18.2 Å². The van der Waals surface area contributed by atoms with Gasteiger partial charge < -0.3 is 4.90 Å². The van der Waals surface area contributed by atoms with Gasteiger partial charge in [0.25, 0.3) is 0 Å². The third kappa shape index (κ3) is 1.37. The smallest absolute Gasteiger partial charge is 0.0952 e. The van der Waals surface area contributed by atoms with Crippen molar-refractivity contribution in [2.24, 2.45) is 4.99 Å². The quantitative estimate of drug-likeness (QED) is 0.607. The fraction of sp³-hybridized carbons (Fsp3) is 0.100. The summed E-state index contributed by atoms with van der Waals surface area (Å²) in [6.45, 7) is 0.879. The second-order valence-corrected chi connectivity index (χ2v) is 2.55. The zero-order valence-corrected chi connectivity index (χ0v) is 6.64. The van der Waals surface area contributed by atoms with Crippen LogP contribution >= 0.6 is 0 Å². The van der Waals surface area contributed by atoms with E-state index in [0.717, 1.165) is 12.2 Å². The number of aliphatic imine (C=N–C) groups is 1. The minimum Gasteiger partial charge on any atom is -0.328 e. The zero-order chi connectivity index (χ0) is 8.23. The zero-order valence-electron chi connectivity index (χ0n) is 6.64. The molecule has 0 N–H and O–H groups in total. The molecule has 0 unspecified atom stereocenters. The molecule has 0 aliphatic carbocycles. The van der Waals surface area contributed by atoms with E-state index >= 15 is 0 Å². The molecule has 59 valence electrons. The predicted octanol–water partition coefficient (Wildman–Crippen LogP) is 1.85. The van der Waals surface area contributed by atoms with Crippen molar-refractivity contribution in [3.05, 3.63) is 42.6 Å². The van der Waals surface area contributed by atoms with Gasteiger partial charge in [0.1, 0.15) is 0 Å². The molecule has 2 rings (SSSR count). The van der Waals surface area contributed by atoms with Crippen molar-refractivity contribution in [2.45, 2.75) is 0 Å². The van der Waals surface area contributed by atoms with Crippen LogP contribution in [0.3, 0.4) is 0 Å². The first-order valence-electron chi connectivity index (χ1n) is 3.88. The van der Waals surface area contributed by atoms with Crippen LogP contribution in [0.15, 0.2) is 41.5 Å². The summed E-state index contributed by atoms with van der Waals surface area (Å²) in [6, 6.07) is 11.0. The molecule has 0 fully saturated rings. The van der Waals surface area contributed by atoms with Crippen molar-refractivity contribution >= 4 is 12.0 Å². The first-order chi connectivity index (χ1) is 5.97. The third-order valence-electron chi connectivity index (χ3n) is 1.70. The van der Waals surface area contributed by atoms with E-state index in [2.05, 4.69) is 11.1 Å². The molecule has 0 amide bonds. The minimum absolute atomic E-state index is 0.879. The molecule has 0 atom stereocenters. The summed E-state index contributed by atoms with van der Waals surface area (Å²) in [4.78, 5) is 6.08. The normalized spacial score (nSPS) is 15.2. The molecule has 1 aliphatic heterocycles. The fourth-order valence-corrected chi connectivity index (χ4v) is 1.11. The van der Waals surface area contributed by atoms with Crippen LogP contribution in [0.5, 0.6) is 0 Å². The number of rotatable bonds is 1. The summed E-state index contributed by atoms with van der Waals surface area (Å²) in [5, 5.41) is 0. The molecule has 1 heterocycles. The van der Waals surface area contributed by atoms with Crippen molar-refractivity contribution < 1.29 is 0 Å². The van der Waals surface area contributed by atoms with E-state index in [4.69, 9.17) is 0 Å². The maximum Gasteiger partial charge on any atom is 0.0952 e. The molecular formula is C10H9N2. The fourth-order valence-electron chi connectivity index (χ4n) is 1.11. The van der Waals surface area contributed by atoms with Crippen LogP contribution < -0.4 is 4.90 Å². The maximum atomic E-state index is 4.04. The highest BCUT2D eigenvalue weighted by atomic mass is 15.2. The number of anilines is 1. The SMILES string of the molecule is [c]1ccccc1N1C=NC=CC1. The van der Waals surface area contributed by atoms with Gasteiger partial charge >= 0.3 is 0 Å². The Morgan fingerprint density at radius 1 is 1.42 bits per heavy atom. The monoisotopic (exact) mass is 157 g/mol. The van der Waals surface area contributed by atoms with Gasteiger partial charge in [-0.2, -0.15) is 0 Å². The summed E-state index contributed by atoms with van der Waals surface area (Å²) >= 11 is 0. The van der Waals surface area contributed by atoms with Gasteiger partial charge in [-0.25, -0.2) is 4.99 Å². The molecule has 0 bridgehead atoms.